The zero-order valence-corrected chi connectivity index (χ0v) is 15.7. The van der Waals surface area contributed by atoms with Crippen LogP contribution >= 0.6 is 0 Å². The van der Waals surface area contributed by atoms with Crippen molar-refractivity contribution in [1.82, 2.24) is 14.8 Å². The summed E-state index contributed by atoms with van der Waals surface area (Å²) >= 11 is 0. The molecule has 0 aliphatic carbocycles. The van der Waals surface area contributed by atoms with Crippen LogP contribution in [0.3, 0.4) is 0 Å². The third-order valence-electron chi connectivity index (χ3n) is 4.77. The number of hydrogen-bond donors (Lipinski definition) is 2. The highest BCUT2D eigenvalue weighted by molar-refractivity contribution is 6.15. The van der Waals surface area contributed by atoms with Gasteiger partial charge in [-0.05, 0) is 68.7 Å². The maximum Gasteiger partial charge on any atom is 0.329 e. The third kappa shape index (κ3) is 3.36. The first kappa shape index (κ1) is 18.4. The molecule has 1 aromatic carbocycles. The Balaban J connectivity index is 1.99. The minimum absolute atomic E-state index is 0.0709. The van der Waals surface area contributed by atoms with Crippen molar-refractivity contribution in [3.8, 4) is 5.69 Å². The lowest BCUT2D eigenvalue weighted by atomic mass is 10.1. The van der Waals surface area contributed by atoms with E-state index in [2.05, 4.69) is 35.9 Å². The van der Waals surface area contributed by atoms with Crippen LogP contribution in [0.1, 0.15) is 28.1 Å². The van der Waals surface area contributed by atoms with Gasteiger partial charge in [0.05, 0.1) is 0 Å². The molecule has 0 atom stereocenters. The monoisotopic (exact) mass is 367 g/mol. The van der Waals surface area contributed by atoms with Gasteiger partial charge >= 0.3 is 12.0 Å². The van der Waals surface area contributed by atoms with Gasteiger partial charge in [-0.1, -0.05) is 6.07 Å². The van der Waals surface area contributed by atoms with E-state index < -0.39 is 24.5 Å². The van der Waals surface area contributed by atoms with Gasteiger partial charge in [0.25, 0.3) is 5.91 Å². The highest BCUT2D eigenvalue weighted by atomic mass is 16.4. The first-order chi connectivity index (χ1) is 12.7. The van der Waals surface area contributed by atoms with Crippen LogP contribution < -0.4 is 5.32 Å². The molecule has 27 heavy (non-hydrogen) atoms. The van der Waals surface area contributed by atoms with E-state index >= 15 is 0 Å². The molecular formula is C20H21N3O4. The van der Waals surface area contributed by atoms with Gasteiger partial charge in [0.2, 0.25) is 0 Å². The van der Waals surface area contributed by atoms with Crippen molar-refractivity contribution in [2.24, 2.45) is 0 Å². The molecule has 1 aromatic heterocycles. The van der Waals surface area contributed by atoms with Crippen LogP contribution in [-0.2, 0) is 9.59 Å². The number of aryl methyl sites for hydroxylation is 3. The number of hydrogen-bond acceptors (Lipinski definition) is 3. The Labute approximate surface area is 156 Å². The van der Waals surface area contributed by atoms with Crippen molar-refractivity contribution in [1.29, 1.82) is 0 Å². The Morgan fingerprint density at radius 2 is 1.81 bits per heavy atom. The van der Waals surface area contributed by atoms with Gasteiger partial charge in [0.1, 0.15) is 12.2 Å². The molecule has 0 saturated carbocycles. The second-order valence-electron chi connectivity index (χ2n) is 6.70. The maximum atomic E-state index is 12.3. The Morgan fingerprint density at radius 1 is 1.11 bits per heavy atom. The molecule has 3 rings (SSSR count). The van der Waals surface area contributed by atoms with Crippen molar-refractivity contribution >= 4 is 24.0 Å². The minimum atomic E-state index is -1.24. The second-order valence-corrected chi connectivity index (χ2v) is 6.70. The summed E-state index contributed by atoms with van der Waals surface area (Å²) < 4.78 is 2.08. The molecule has 2 N–H and O–H groups in total. The molecule has 2 aromatic rings. The Morgan fingerprint density at radius 3 is 2.44 bits per heavy atom. The lowest BCUT2D eigenvalue weighted by Gasteiger charge is -2.12. The fourth-order valence-corrected chi connectivity index (χ4v) is 3.20. The summed E-state index contributed by atoms with van der Waals surface area (Å²) in [5.41, 5.74) is 6.17. The summed E-state index contributed by atoms with van der Waals surface area (Å²) in [6, 6.07) is 7.40. The van der Waals surface area contributed by atoms with Crippen molar-refractivity contribution in [3.05, 3.63) is 58.0 Å². The molecule has 7 heteroatoms. The molecule has 1 aliphatic rings. The fraction of sp³-hybridized carbons (Fsp3) is 0.250. The predicted molar refractivity (Wildman–Crippen MR) is 101 cm³/mol. The van der Waals surface area contributed by atoms with E-state index in [1.807, 2.05) is 26.0 Å². The molecule has 7 nitrogen and oxygen atoms in total. The number of nitrogens with zero attached hydrogens (tertiary/aromatic N) is 2. The van der Waals surface area contributed by atoms with Crippen LogP contribution in [-0.4, -0.2) is 39.0 Å². The summed E-state index contributed by atoms with van der Waals surface area (Å²) in [5, 5.41) is 11.3. The van der Waals surface area contributed by atoms with E-state index in [0.717, 1.165) is 22.6 Å². The minimum Gasteiger partial charge on any atom is -0.480 e. The maximum absolute atomic E-state index is 12.3. The lowest BCUT2D eigenvalue weighted by molar-refractivity contribution is -0.140. The van der Waals surface area contributed by atoms with Gasteiger partial charge in [0.15, 0.2) is 0 Å². The van der Waals surface area contributed by atoms with Gasteiger partial charge in [-0.25, -0.2) is 9.69 Å². The molecule has 0 spiro atoms. The van der Waals surface area contributed by atoms with Crippen LogP contribution in [0.15, 0.2) is 30.0 Å². The average Bonchev–Trinajstić information content (AvgIpc) is 3.01. The molecule has 0 unspecified atom stereocenters. The van der Waals surface area contributed by atoms with Gasteiger partial charge in [0, 0.05) is 17.1 Å². The van der Waals surface area contributed by atoms with E-state index in [1.54, 1.807) is 6.08 Å². The number of imide groups is 1. The van der Waals surface area contributed by atoms with Crippen LogP contribution in [0, 0.1) is 27.7 Å². The van der Waals surface area contributed by atoms with Crippen LogP contribution in [0.25, 0.3) is 11.8 Å². The van der Waals surface area contributed by atoms with Gasteiger partial charge in [-0.2, -0.15) is 0 Å². The molecule has 0 bridgehead atoms. The molecule has 0 radical (unpaired) electrons. The van der Waals surface area contributed by atoms with Crippen molar-refractivity contribution in [2.45, 2.75) is 27.7 Å². The molecule has 1 aliphatic heterocycles. The Hall–Kier alpha value is -3.35. The number of carbonyl (C=O) groups is 3. The number of aliphatic carboxylic acids is 1. The standard InChI is InChI=1S/C20H21N3O4/c1-11-5-6-16(7-12(11)2)23-13(3)8-15(14(23)4)9-17-19(26)22(10-18(24)25)20(27)21-17/h5-9H,10H2,1-4H3,(H,21,27)(H,24,25)/b17-9+. The van der Waals surface area contributed by atoms with E-state index in [-0.39, 0.29) is 5.70 Å². The second kappa shape index (κ2) is 6.75. The molecule has 3 amide bonds. The number of carboxylic acid groups (broad SMARTS) is 1. The quantitative estimate of drug-likeness (QED) is 0.642. The zero-order chi connectivity index (χ0) is 19.9. The Bertz CT molecular complexity index is 1000. The summed E-state index contributed by atoms with van der Waals surface area (Å²) in [4.78, 5) is 35.7. The lowest BCUT2D eigenvalue weighted by Crippen LogP contribution is -2.35. The predicted octanol–water partition coefficient (Wildman–Crippen LogP) is 2.69. The fourth-order valence-electron chi connectivity index (χ4n) is 3.20. The highest BCUT2D eigenvalue weighted by Gasteiger charge is 2.35. The van der Waals surface area contributed by atoms with Gasteiger partial charge in [-0.3, -0.25) is 9.59 Å². The van der Waals surface area contributed by atoms with E-state index in [1.165, 1.54) is 11.1 Å². The Kier molecular flexibility index (Phi) is 4.61. The van der Waals surface area contributed by atoms with E-state index in [9.17, 15) is 14.4 Å². The molecular weight excluding hydrogens is 346 g/mol. The number of aromatic nitrogens is 1. The van der Waals surface area contributed by atoms with Crippen LogP contribution in [0.2, 0.25) is 0 Å². The SMILES string of the molecule is Cc1ccc(-n2c(C)cc(/C=C3/NC(=O)N(CC(=O)O)C3=O)c2C)cc1C. The van der Waals surface area contributed by atoms with Crippen LogP contribution in [0.5, 0.6) is 0 Å². The molecule has 2 heterocycles. The molecule has 1 saturated heterocycles. The highest BCUT2D eigenvalue weighted by Crippen LogP contribution is 2.25. The number of urea groups is 1. The first-order valence-electron chi connectivity index (χ1n) is 8.52. The van der Waals surface area contributed by atoms with Crippen molar-refractivity contribution in [2.75, 3.05) is 6.54 Å². The van der Waals surface area contributed by atoms with Crippen molar-refractivity contribution in [3.63, 3.8) is 0 Å². The number of carbonyl (C=O) groups excluding carboxylic acids is 2. The van der Waals surface area contributed by atoms with E-state index in [4.69, 9.17) is 5.11 Å². The largest absolute Gasteiger partial charge is 0.480 e. The van der Waals surface area contributed by atoms with Crippen molar-refractivity contribution < 1.29 is 19.5 Å². The number of amides is 3. The number of benzene rings is 1. The average molecular weight is 367 g/mol. The smallest absolute Gasteiger partial charge is 0.329 e. The summed E-state index contributed by atoms with van der Waals surface area (Å²) in [7, 11) is 0. The number of nitrogens with one attached hydrogen (secondary N) is 1. The normalized spacial score (nSPS) is 15.6. The van der Waals surface area contributed by atoms with E-state index in [0.29, 0.717) is 4.90 Å². The summed E-state index contributed by atoms with van der Waals surface area (Å²) in [6.45, 7) is 7.35. The third-order valence-corrected chi connectivity index (χ3v) is 4.77. The van der Waals surface area contributed by atoms with Gasteiger partial charge in [-0.15, -0.1) is 0 Å². The summed E-state index contributed by atoms with van der Waals surface area (Å²) in [6.07, 6.45) is 1.59. The topological polar surface area (TPSA) is 91.6 Å². The van der Waals surface area contributed by atoms with Gasteiger partial charge < -0.3 is 15.0 Å². The number of rotatable bonds is 4. The zero-order valence-electron chi connectivity index (χ0n) is 15.7. The molecule has 140 valence electrons. The first-order valence-corrected chi connectivity index (χ1v) is 8.52. The van der Waals surface area contributed by atoms with Crippen LogP contribution in [0.4, 0.5) is 4.79 Å². The number of carboxylic acids is 1. The summed E-state index contributed by atoms with van der Waals surface area (Å²) in [5.74, 6) is -1.88. The molecule has 1 fully saturated rings.